The van der Waals surface area contributed by atoms with Crippen molar-refractivity contribution in [1.82, 2.24) is 10.3 Å². The van der Waals surface area contributed by atoms with Crippen molar-refractivity contribution < 1.29 is 13.2 Å². The van der Waals surface area contributed by atoms with Crippen LogP contribution in [0.5, 0.6) is 0 Å². The Bertz CT molecular complexity index is 805. The Balaban J connectivity index is 2.14. The summed E-state index contributed by atoms with van der Waals surface area (Å²) < 4.78 is 24.3. The number of hydrazine groups is 1. The summed E-state index contributed by atoms with van der Waals surface area (Å²) in [5, 5.41) is 0.219. The van der Waals surface area contributed by atoms with Crippen molar-refractivity contribution in [2.75, 3.05) is 0 Å². The molecule has 0 atom stereocenters. The maximum absolute atomic E-state index is 12.1. The number of nitrogens with one attached hydrogen (secondary N) is 2. The van der Waals surface area contributed by atoms with E-state index in [0.717, 1.165) is 5.56 Å². The third-order valence-electron chi connectivity index (χ3n) is 2.80. The van der Waals surface area contributed by atoms with Gasteiger partial charge in [-0.15, -0.1) is 4.83 Å². The van der Waals surface area contributed by atoms with Crippen LogP contribution in [0.4, 0.5) is 0 Å². The minimum atomic E-state index is -4.02. The molecular weight excluding hydrogens is 347 g/mol. The van der Waals surface area contributed by atoms with Gasteiger partial charge in [0.05, 0.1) is 5.02 Å². The molecule has 2 aromatic rings. The number of carbonyl (C=O) groups excluding carboxylic acids is 1. The molecular formula is C14H12Cl2N2O3S. The Morgan fingerprint density at radius 2 is 1.68 bits per heavy atom. The van der Waals surface area contributed by atoms with Gasteiger partial charge in [0.2, 0.25) is 0 Å². The van der Waals surface area contributed by atoms with Crippen LogP contribution in [0.25, 0.3) is 0 Å². The summed E-state index contributed by atoms with van der Waals surface area (Å²) in [4.78, 5) is 13.7. The number of benzene rings is 2. The molecule has 0 saturated heterocycles. The second-order valence-electron chi connectivity index (χ2n) is 4.50. The van der Waals surface area contributed by atoms with E-state index in [1.807, 2.05) is 11.8 Å². The van der Waals surface area contributed by atoms with Crippen LogP contribution in [-0.2, 0) is 10.0 Å². The van der Waals surface area contributed by atoms with Crippen LogP contribution in [0.3, 0.4) is 0 Å². The molecule has 0 aromatic heterocycles. The lowest BCUT2D eigenvalue weighted by molar-refractivity contribution is 0.0945. The highest BCUT2D eigenvalue weighted by atomic mass is 35.5. The van der Waals surface area contributed by atoms with E-state index < -0.39 is 15.9 Å². The standard InChI is InChI=1S/C14H12Cl2N2O3S/c1-9-2-4-10(5-3-9)14(19)17-18-22(20,21)13-8-11(15)6-7-12(13)16/h2-8,18H,1H3,(H,17,19). The van der Waals surface area contributed by atoms with Gasteiger partial charge in [-0.3, -0.25) is 10.2 Å². The Morgan fingerprint density at radius 3 is 2.32 bits per heavy atom. The normalized spacial score (nSPS) is 11.2. The van der Waals surface area contributed by atoms with Gasteiger partial charge in [-0.25, -0.2) is 8.42 Å². The number of rotatable bonds is 4. The highest BCUT2D eigenvalue weighted by molar-refractivity contribution is 7.89. The van der Waals surface area contributed by atoms with Crippen molar-refractivity contribution in [2.24, 2.45) is 0 Å². The molecule has 0 spiro atoms. The third kappa shape index (κ3) is 3.98. The molecule has 0 saturated carbocycles. The molecule has 0 fully saturated rings. The van der Waals surface area contributed by atoms with E-state index >= 15 is 0 Å². The second-order valence-corrected chi connectivity index (χ2v) is 6.99. The van der Waals surface area contributed by atoms with E-state index in [9.17, 15) is 13.2 Å². The van der Waals surface area contributed by atoms with Crippen LogP contribution >= 0.6 is 23.2 Å². The summed E-state index contributed by atoms with van der Waals surface area (Å²) >= 11 is 11.6. The second kappa shape index (κ2) is 6.66. The molecule has 2 N–H and O–H groups in total. The number of hydrogen-bond acceptors (Lipinski definition) is 3. The van der Waals surface area contributed by atoms with E-state index in [2.05, 4.69) is 5.43 Å². The van der Waals surface area contributed by atoms with Crippen molar-refractivity contribution >= 4 is 39.1 Å². The first-order valence-electron chi connectivity index (χ1n) is 6.13. The number of halogens is 2. The van der Waals surface area contributed by atoms with Crippen molar-refractivity contribution in [2.45, 2.75) is 11.8 Å². The van der Waals surface area contributed by atoms with Gasteiger partial charge in [-0.05, 0) is 37.3 Å². The van der Waals surface area contributed by atoms with Gasteiger partial charge >= 0.3 is 0 Å². The Hall–Kier alpha value is -1.60. The molecule has 5 nitrogen and oxygen atoms in total. The fourth-order valence-corrected chi connectivity index (χ4v) is 3.23. The summed E-state index contributed by atoms with van der Waals surface area (Å²) in [6, 6.07) is 10.7. The minimum Gasteiger partial charge on any atom is -0.273 e. The van der Waals surface area contributed by atoms with Gasteiger partial charge in [0.15, 0.2) is 0 Å². The summed E-state index contributed by atoms with van der Waals surface area (Å²) in [5.74, 6) is -0.582. The lowest BCUT2D eigenvalue weighted by Gasteiger charge is -2.10. The van der Waals surface area contributed by atoms with Crippen LogP contribution in [0.2, 0.25) is 10.0 Å². The number of amides is 1. The van der Waals surface area contributed by atoms with E-state index in [1.165, 1.54) is 18.2 Å². The molecule has 0 unspecified atom stereocenters. The summed E-state index contributed by atoms with van der Waals surface area (Å²) in [6.45, 7) is 1.88. The van der Waals surface area contributed by atoms with Crippen LogP contribution in [0.1, 0.15) is 15.9 Å². The predicted molar refractivity (Wildman–Crippen MR) is 85.4 cm³/mol. The lowest BCUT2D eigenvalue weighted by Crippen LogP contribution is -2.41. The average molecular weight is 359 g/mol. The maximum atomic E-state index is 12.1. The minimum absolute atomic E-state index is 0.00137. The highest BCUT2D eigenvalue weighted by Crippen LogP contribution is 2.24. The van der Waals surface area contributed by atoms with Gasteiger partial charge < -0.3 is 0 Å². The SMILES string of the molecule is Cc1ccc(C(=O)NNS(=O)(=O)c2cc(Cl)ccc2Cl)cc1. The Morgan fingerprint density at radius 1 is 1.05 bits per heavy atom. The molecule has 22 heavy (non-hydrogen) atoms. The van der Waals surface area contributed by atoms with E-state index in [0.29, 0.717) is 5.56 Å². The van der Waals surface area contributed by atoms with Crippen LogP contribution in [-0.4, -0.2) is 14.3 Å². The monoisotopic (exact) mass is 358 g/mol. The van der Waals surface area contributed by atoms with E-state index in [1.54, 1.807) is 24.3 Å². The van der Waals surface area contributed by atoms with E-state index in [4.69, 9.17) is 23.2 Å². The molecule has 0 radical (unpaired) electrons. The van der Waals surface area contributed by atoms with Gasteiger partial charge in [0.25, 0.3) is 15.9 Å². The predicted octanol–water partition coefficient (Wildman–Crippen LogP) is 2.93. The average Bonchev–Trinajstić information content (AvgIpc) is 2.48. The topological polar surface area (TPSA) is 75.3 Å². The van der Waals surface area contributed by atoms with Gasteiger partial charge in [-0.1, -0.05) is 40.9 Å². The number of hydrogen-bond donors (Lipinski definition) is 2. The molecule has 2 aromatic carbocycles. The van der Waals surface area contributed by atoms with Crippen molar-refractivity contribution in [1.29, 1.82) is 0 Å². The quantitative estimate of drug-likeness (QED) is 0.825. The molecule has 0 bridgehead atoms. The lowest BCUT2D eigenvalue weighted by atomic mass is 10.1. The first-order chi connectivity index (χ1) is 10.3. The Labute approximate surface area is 138 Å². The molecule has 0 heterocycles. The molecule has 116 valence electrons. The summed E-state index contributed by atoms with van der Waals surface area (Å²) in [5.41, 5.74) is 3.44. The van der Waals surface area contributed by atoms with Crippen LogP contribution in [0.15, 0.2) is 47.4 Å². The van der Waals surface area contributed by atoms with Gasteiger partial charge in [0.1, 0.15) is 4.90 Å². The molecule has 8 heteroatoms. The largest absolute Gasteiger partial charge is 0.273 e. The van der Waals surface area contributed by atoms with E-state index in [-0.39, 0.29) is 14.9 Å². The summed E-state index contributed by atoms with van der Waals surface area (Å²) in [7, 11) is -4.02. The number of sulfonamides is 1. The third-order valence-corrected chi connectivity index (χ3v) is 4.76. The molecule has 0 aliphatic heterocycles. The van der Waals surface area contributed by atoms with Crippen LogP contribution < -0.4 is 10.3 Å². The first-order valence-corrected chi connectivity index (χ1v) is 8.37. The van der Waals surface area contributed by atoms with Gasteiger partial charge in [-0.2, -0.15) is 0 Å². The number of carbonyl (C=O) groups is 1. The smallest absolute Gasteiger partial charge is 0.266 e. The fourth-order valence-electron chi connectivity index (χ4n) is 1.63. The number of aryl methyl sites for hydroxylation is 1. The zero-order valence-electron chi connectivity index (χ0n) is 11.4. The van der Waals surface area contributed by atoms with Crippen molar-refractivity contribution in [3.63, 3.8) is 0 Å². The Kier molecular flexibility index (Phi) is 5.08. The van der Waals surface area contributed by atoms with Gasteiger partial charge in [0, 0.05) is 10.6 Å². The fraction of sp³-hybridized carbons (Fsp3) is 0.0714. The van der Waals surface area contributed by atoms with Crippen molar-refractivity contribution in [3.05, 3.63) is 63.6 Å². The molecule has 0 aliphatic rings. The molecule has 0 aliphatic carbocycles. The molecule has 1 amide bonds. The van der Waals surface area contributed by atoms with Crippen molar-refractivity contribution in [3.8, 4) is 0 Å². The molecule has 2 rings (SSSR count). The maximum Gasteiger partial charge on any atom is 0.266 e. The highest BCUT2D eigenvalue weighted by Gasteiger charge is 2.19. The zero-order chi connectivity index (χ0) is 16.3. The van der Waals surface area contributed by atoms with Crippen LogP contribution in [0, 0.1) is 6.92 Å². The first kappa shape index (κ1) is 16.8. The zero-order valence-corrected chi connectivity index (χ0v) is 13.8. The summed E-state index contributed by atoms with van der Waals surface area (Å²) in [6.07, 6.45) is 0.